The van der Waals surface area contributed by atoms with Crippen LogP contribution in [-0.4, -0.2) is 23.4 Å². The van der Waals surface area contributed by atoms with Crippen molar-refractivity contribution >= 4 is 21.8 Å². The van der Waals surface area contributed by atoms with Gasteiger partial charge in [0.15, 0.2) is 0 Å². The molecule has 0 atom stereocenters. The number of hydrogen-bond donors (Lipinski definition) is 0. The number of carbonyl (C=O) groups is 1. The maximum absolute atomic E-state index is 13.8. The van der Waals surface area contributed by atoms with Gasteiger partial charge in [0.05, 0.1) is 11.6 Å². The highest BCUT2D eigenvalue weighted by molar-refractivity contribution is 9.10. The second-order valence-corrected chi connectivity index (χ2v) is 5.57. The molecule has 1 aromatic rings. The number of hydrogen-bond acceptors (Lipinski definition) is 2. The number of halogens is 2. The van der Waals surface area contributed by atoms with Crippen LogP contribution in [-0.2, 0) is 0 Å². The first-order chi connectivity index (χ1) is 9.13. The molecule has 5 heteroatoms. The van der Waals surface area contributed by atoms with Gasteiger partial charge in [-0.05, 0) is 31.0 Å². The Labute approximate surface area is 120 Å². The molecule has 0 radical (unpaired) electrons. The average molecular weight is 325 g/mol. The van der Waals surface area contributed by atoms with Gasteiger partial charge in [0.1, 0.15) is 12.4 Å². The molecular formula is C14H14BrFN2O. The third kappa shape index (κ3) is 3.13. The normalized spacial score (nSPS) is 15.2. The van der Waals surface area contributed by atoms with Crippen LogP contribution in [0.15, 0.2) is 22.7 Å². The summed E-state index contributed by atoms with van der Waals surface area (Å²) in [7, 11) is 0. The lowest BCUT2D eigenvalue weighted by Gasteiger charge is -2.26. The van der Waals surface area contributed by atoms with Gasteiger partial charge in [0.2, 0.25) is 0 Å². The molecule has 1 fully saturated rings. The molecule has 0 aliphatic heterocycles. The van der Waals surface area contributed by atoms with Crippen LogP contribution in [0.5, 0.6) is 0 Å². The first-order valence-electron chi connectivity index (χ1n) is 6.26. The van der Waals surface area contributed by atoms with Crippen molar-refractivity contribution in [3.8, 4) is 6.07 Å². The van der Waals surface area contributed by atoms with Gasteiger partial charge in [-0.1, -0.05) is 28.8 Å². The maximum Gasteiger partial charge on any atom is 0.257 e. The monoisotopic (exact) mass is 324 g/mol. The molecule has 0 saturated heterocycles. The Morgan fingerprint density at radius 1 is 1.47 bits per heavy atom. The Morgan fingerprint density at radius 2 is 2.16 bits per heavy atom. The van der Waals surface area contributed by atoms with Crippen LogP contribution in [0.1, 0.15) is 36.0 Å². The summed E-state index contributed by atoms with van der Waals surface area (Å²) in [6.07, 6.45) is 3.90. The van der Waals surface area contributed by atoms with Gasteiger partial charge in [-0.2, -0.15) is 5.26 Å². The van der Waals surface area contributed by atoms with Crippen molar-refractivity contribution in [3.63, 3.8) is 0 Å². The highest BCUT2D eigenvalue weighted by atomic mass is 79.9. The standard InChI is InChI=1S/C14H14BrFN2O/c15-10-5-6-13(16)12(9-10)14(19)18(8-7-17)11-3-1-2-4-11/h5-6,9,11H,1-4,8H2. The molecule has 0 aromatic heterocycles. The van der Waals surface area contributed by atoms with Gasteiger partial charge in [0, 0.05) is 10.5 Å². The number of rotatable bonds is 3. The fourth-order valence-electron chi connectivity index (χ4n) is 2.47. The molecule has 0 bridgehead atoms. The summed E-state index contributed by atoms with van der Waals surface area (Å²) >= 11 is 3.23. The second kappa shape index (κ2) is 6.16. The lowest BCUT2D eigenvalue weighted by molar-refractivity contribution is 0.0704. The van der Waals surface area contributed by atoms with E-state index in [4.69, 9.17) is 5.26 Å². The minimum atomic E-state index is -0.547. The quantitative estimate of drug-likeness (QED) is 0.799. The van der Waals surface area contributed by atoms with Crippen molar-refractivity contribution in [2.75, 3.05) is 6.54 Å². The van der Waals surface area contributed by atoms with Crippen LogP contribution in [0.4, 0.5) is 4.39 Å². The summed E-state index contributed by atoms with van der Waals surface area (Å²) < 4.78 is 14.4. The van der Waals surface area contributed by atoms with Gasteiger partial charge in [-0.25, -0.2) is 4.39 Å². The molecule has 1 amide bonds. The fourth-order valence-corrected chi connectivity index (χ4v) is 2.84. The van der Waals surface area contributed by atoms with E-state index in [1.807, 2.05) is 6.07 Å². The SMILES string of the molecule is N#CCN(C(=O)c1cc(Br)ccc1F)C1CCCC1. The molecule has 3 nitrogen and oxygen atoms in total. The Hall–Kier alpha value is -1.41. The van der Waals surface area contributed by atoms with Gasteiger partial charge < -0.3 is 4.90 Å². The van der Waals surface area contributed by atoms with Crippen molar-refractivity contribution in [1.29, 1.82) is 5.26 Å². The number of amides is 1. The highest BCUT2D eigenvalue weighted by Crippen LogP contribution is 2.26. The Kier molecular flexibility index (Phi) is 4.54. The van der Waals surface area contributed by atoms with Gasteiger partial charge >= 0.3 is 0 Å². The molecule has 0 spiro atoms. The maximum atomic E-state index is 13.8. The van der Waals surface area contributed by atoms with E-state index in [1.165, 1.54) is 17.0 Å². The Morgan fingerprint density at radius 3 is 2.79 bits per heavy atom. The minimum absolute atomic E-state index is 0.00938. The molecule has 1 saturated carbocycles. The second-order valence-electron chi connectivity index (χ2n) is 4.65. The van der Waals surface area contributed by atoms with Crippen LogP contribution in [0, 0.1) is 17.1 Å². The smallest absolute Gasteiger partial charge is 0.257 e. The van der Waals surface area contributed by atoms with Crippen molar-refractivity contribution in [3.05, 3.63) is 34.1 Å². The largest absolute Gasteiger partial charge is 0.322 e. The van der Waals surface area contributed by atoms with E-state index in [2.05, 4.69) is 15.9 Å². The predicted octanol–water partition coefficient (Wildman–Crippen LogP) is 3.50. The number of nitriles is 1. The number of benzene rings is 1. The summed E-state index contributed by atoms with van der Waals surface area (Å²) in [5.74, 6) is -0.943. The van der Waals surface area contributed by atoms with Crippen LogP contribution in [0.25, 0.3) is 0 Å². The van der Waals surface area contributed by atoms with Gasteiger partial charge in [-0.15, -0.1) is 0 Å². The Balaban J connectivity index is 2.28. The van der Waals surface area contributed by atoms with Gasteiger partial charge in [0.25, 0.3) is 5.91 Å². The van der Waals surface area contributed by atoms with E-state index < -0.39 is 11.7 Å². The first-order valence-corrected chi connectivity index (χ1v) is 7.05. The molecule has 1 aliphatic carbocycles. The summed E-state index contributed by atoms with van der Waals surface area (Å²) in [5, 5.41) is 8.87. The molecule has 0 unspecified atom stereocenters. The third-order valence-corrected chi connectivity index (χ3v) is 3.92. The van der Waals surface area contributed by atoms with Gasteiger partial charge in [-0.3, -0.25) is 4.79 Å². The summed E-state index contributed by atoms with van der Waals surface area (Å²) in [5.41, 5.74) is 0.0246. The van der Waals surface area contributed by atoms with Crippen LogP contribution >= 0.6 is 15.9 Å². The van der Waals surface area contributed by atoms with Crippen LogP contribution < -0.4 is 0 Å². The predicted molar refractivity (Wildman–Crippen MR) is 73.0 cm³/mol. The number of nitrogens with zero attached hydrogens (tertiary/aromatic N) is 2. The van der Waals surface area contributed by atoms with Crippen LogP contribution in [0.2, 0.25) is 0 Å². The average Bonchev–Trinajstić information content (AvgIpc) is 2.92. The third-order valence-electron chi connectivity index (χ3n) is 3.43. The molecule has 0 heterocycles. The zero-order valence-electron chi connectivity index (χ0n) is 10.4. The van der Waals surface area contributed by atoms with E-state index in [-0.39, 0.29) is 18.2 Å². The molecule has 100 valence electrons. The molecule has 19 heavy (non-hydrogen) atoms. The lowest BCUT2D eigenvalue weighted by atomic mass is 10.1. The van der Waals surface area contributed by atoms with E-state index in [9.17, 15) is 9.18 Å². The van der Waals surface area contributed by atoms with E-state index in [1.54, 1.807) is 6.07 Å². The molecule has 0 N–H and O–H groups in total. The van der Waals surface area contributed by atoms with Crippen LogP contribution in [0.3, 0.4) is 0 Å². The summed E-state index contributed by atoms with van der Waals surface area (Å²) in [4.78, 5) is 13.9. The first kappa shape index (κ1) is 14.0. The molecular weight excluding hydrogens is 311 g/mol. The fraction of sp³-hybridized carbons (Fsp3) is 0.429. The Bertz CT molecular complexity index is 521. The highest BCUT2D eigenvalue weighted by Gasteiger charge is 2.28. The van der Waals surface area contributed by atoms with E-state index in [0.29, 0.717) is 4.47 Å². The summed E-state index contributed by atoms with van der Waals surface area (Å²) in [6, 6.07) is 6.34. The van der Waals surface area contributed by atoms with E-state index >= 15 is 0 Å². The van der Waals surface area contributed by atoms with Crippen molar-refractivity contribution in [1.82, 2.24) is 4.90 Å². The van der Waals surface area contributed by atoms with Crippen molar-refractivity contribution < 1.29 is 9.18 Å². The van der Waals surface area contributed by atoms with Crippen molar-refractivity contribution in [2.24, 2.45) is 0 Å². The summed E-state index contributed by atoms with van der Waals surface area (Å²) in [6.45, 7) is 0.00938. The molecule has 1 aromatic carbocycles. The topological polar surface area (TPSA) is 44.1 Å². The minimum Gasteiger partial charge on any atom is -0.322 e. The van der Waals surface area contributed by atoms with Crippen molar-refractivity contribution in [2.45, 2.75) is 31.7 Å². The van der Waals surface area contributed by atoms with E-state index in [0.717, 1.165) is 25.7 Å². The zero-order valence-corrected chi connectivity index (χ0v) is 12.0. The molecule has 1 aliphatic rings. The zero-order chi connectivity index (χ0) is 13.8. The molecule has 2 rings (SSSR count). The number of carbonyl (C=O) groups excluding carboxylic acids is 1. The lowest BCUT2D eigenvalue weighted by Crippen LogP contribution is -2.39.